The molecule has 1 atom stereocenters. The van der Waals surface area contributed by atoms with E-state index in [0.717, 1.165) is 12.8 Å². The van der Waals surface area contributed by atoms with Gasteiger partial charge in [-0.1, -0.05) is 13.8 Å². The number of esters is 2. The Labute approximate surface area is 121 Å². The summed E-state index contributed by atoms with van der Waals surface area (Å²) in [6.45, 7) is 7.57. The van der Waals surface area contributed by atoms with Gasteiger partial charge in [-0.2, -0.15) is 0 Å². The minimum absolute atomic E-state index is 0.124. The lowest BCUT2D eigenvalue weighted by Crippen LogP contribution is -2.21. The molecule has 0 rings (SSSR count). The first-order chi connectivity index (χ1) is 9.32. The lowest BCUT2D eigenvalue weighted by molar-refractivity contribution is -0.153. The molecule has 0 aromatic rings. The van der Waals surface area contributed by atoms with E-state index in [1.54, 1.807) is 0 Å². The predicted octanol–water partition coefficient (Wildman–Crippen LogP) is 2.66. The third kappa shape index (κ3) is 10.5. The minimum atomic E-state index is -0.717. The van der Waals surface area contributed by atoms with Gasteiger partial charge < -0.3 is 9.47 Å². The van der Waals surface area contributed by atoms with Crippen LogP contribution in [0.5, 0.6) is 0 Å². The Morgan fingerprint density at radius 1 is 0.950 bits per heavy atom. The molecule has 0 aliphatic carbocycles. The third-order valence-electron chi connectivity index (χ3n) is 2.83. The highest BCUT2D eigenvalue weighted by molar-refractivity contribution is 5.83. The molecule has 0 saturated heterocycles. The van der Waals surface area contributed by atoms with Crippen LogP contribution >= 0.6 is 0 Å². The molecule has 0 aliphatic rings. The lowest BCUT2D eigenvalue weighted by Gasteiger charge is -2.09. The summed E-state index contributed by atoms with van der Waals surface area (Å²) < 4.78 is 9.93. The summed E-state index contributed by atoms with van der Waals surface area (Å²) in [5.41, 5.74) is 0. The number of hydrogen-bond acceptors (Lipinski definition) is 5. The van der Waals surface area contributed by atoms with E-state index in [4.69, 9.17) is 9.47 Å². The normalized spacial score (nSPS) is 12.1. The second-order valence-corrected chi connectivity index (χ2v) is 5.35. The van der Waals surface area contributed by atoms with Crippen LogP contribution in [0.4, 0.5) is 0 Å². The third-order valence-corrected chi connectivity index (χ3v) is 2.83. The first-order valence-corrected chi connectivity index (χ1v) is 7.18. The van der Waals surface area contributed by atoms with Crippen molar-refractivity contribution < 1.29 is 23.9 Å². The highest BCUT2D eigenvalue weighted by Gasteiger charge is 2.14. The van der Waals surface area contributed by atoms with Crippen molar-refractivity contribution in [3.63, 3.8) is 0 Å². The molecule has 0 aromatic heterocycles. The maximum absolute atomic E-state index is 11.4. The van der Waals surface area contributed by atoms with Gasteiger partial charge in [0.05, 0.1) is 6.61 Å². The molecule has 0 N–H and O–H groups in total. The second-order valence-electron chi connectivity index (χ2n) is 5.35. The van der Waals surface area contributed by atoms with E-state index in [1.165, 1.54) is 13.8 Å². The molecule has 5 nitrogen and oxygen atoms in total. The van der Waals surface area contributed by atoms with Crippen molar-refractivity contribution in [2.45, 2.75) is 65.9 Å². The Hall–Kier alpha value is -1.39. The Morgan fingerprint density at radius 2 is 1.55 bits per heavy atom. The lowest BCUT2D eigenvalue weighted by atomic mass is 10.1. The van der Waals surface area contributed by atoms with E-state index in [0.29, 0.717) is 18.9 Å². The van der Waals surface area contributed by atoms with Crippen molar-refractivity contribution in [3.8, 4) is 0 Å². The van der Waals surface area contributed by atoms with E-state index in [-0.39, 0.29) is 24.6 Å². The average molecular weight is 286 g/mol. The van der Waals surface area contributed by atoms with Crippen LogP contribution in [0.2, 0.25) is 0 Å². The molecule has 0 heterocycles. The number of Topliss-reactive ketones (excluding diaryl/α,β-unsaturated/α-hetero) is 1. The molecule has 0 amide bonds. The molecule has 0 fully saturated rings. The zero-order valence-electron chi connectivity index (χ0n) is 12.9. The van der Waals surface area contributed by atoms with E-state index in [1.807, 2.05) is 0 Å². The topological polar surface area (TPSA) is 69.7 Å². The van der Waals surface area contributed by atoms with Crippen molar-refractivity contribution >= 4 is 17.7 Å². The summed E-state index contributed by atoms with van der Waals surface area (Å²) in [6, 6.07) is 0. The van der Waals surface area contributed by atoms with Gasteiger partial charge in [-0.05, 0) is 39.0 Å². The summed E-state index contributed by atoms with van der Waals surface area (Å²) in [5, 5.41) is 0. The summed E-state index contributed by atoms with van der Waals surface area (Å²) in [6.07, 6.45) is 1.88. The van der Waals surface area contributed by atoms with Gasteiger partial charge >= 0.3 is 11.9 Å². The maximum atomic E-state index is 11.4. The number of carbonyl (C=O) groups is 3. The summed E-state index contributed by atoms with van der Waals surface area (Å²) in [5.74, 6) is -0.337. The van der Waals surface area contributed by atoms with E-state index in [2.05, 4.69) is 13.8 Å². The predicted molar refractivity (Wildman–Crippen MR) is 75.1 cm³/mol. The van der Waals surface area contributed by atoms with Crippen molar-refractivity contribution in [1.29, 1.82) is 0 Å². The van der Waals surface area contributed by atoms with Crippen LogP contribution in [0.3, 0.4) is 0 Å². The molecule has 0 saturated carbocycles. The number of hydrogen-bond donors (Lipinski definition) is 0. The van der Waals surface area contributed by atoms with Crippen molar-refractivity contribution in [2.75, 3.05) is 6.61 Å². The van der Waals surface area contributed by atoms with Crippen LogP contribution in [0.1, 0.15) is 59.8 Å². The van der Waals surface area contributed by atoms with Crippen LogP contribution in [0.15, 0.2) is 0 Å². The summed E-state index contributed by atoms with van der Waals surface area (Å²) in [7, 11) is 0. The highest BCUT2D eigenvalue weighted by atomic mass is 16.5. The zero-order valence-corrected chi connectivity index (χ0v) is 12.9. The second kappa shape index (κ2) is 10.4. The van der Waals surface area contributed by atoms with Gasteiger partial charge in [0, 0.05) is 12.8 Å². The maximum Gasteiger partial charge on any atom is 0.306 e. The smallest absolute Gasteiger partial charge is 0.306 e. The van der Waals surface area contributed by atoms with Crippen LogP contribution in [0, 0.1) is 5.92 Å². The largest absolute Gasteiger partial charge is 0.466 e. The molecule has 0 radical (unpaired) electrons. The van der Waals surface area contributed by atoms with Crippen LogP contribution in [-0.2, 0) is 23.9 Å². The fourth-order valence-corrected chi connectivity index (χ4v) is 1.47. The molecule has 0 bridgehead atoms. The molecule has 0 spiro atoms. The number of rotatable bonds is 10. The quantitative estimate of drug-likeness (QED) is 0.456. The van der Waals surface area contributed by atoms with Crippen LogP contribution in [-0.4, -0.2) is 30.4 Å². The van der Waals surface area contributed by atoms with Gasteiger partial charge in [0.2, 0.25) is 0 Å². The summed E-state index contributed by atoms with van der Waals surface area (Å²) in [4.78, 5) is 33.6. The molecule has 5 heteroatoms. The number of carbonyl (C=O) groups excluding carboxylic acids is 3. The van der Waals surface area contributed by atoms with Crippen LogP contribution < -0.4 is 0 Å². The van der Waals surface area contributed by atoms with Crippen molar-refractivity contribution in [2.24, 2.45) is 5.92 Å². The van der Waals surface area contributed by atoms with Gasteiger partial charge in [-0.25, -0.2) is 0 Å². The molecule has 116 valence electrons. The van der Waals surface area contributed by atoms with E-state index < -0.39 is 12.1 Å². The van der Waals surface area contributed by atoms with Crippen molar-refractivity contribution in [1.82, 2.24) is 0 Å². The first kappa shape index (κ1) is 18.6. The van der Waals surface area contributed by atoms with Gasteiger partial charge in [-0.3, -0.25) is 14.4 Å². The number of ketones is 1. The van der Waals surface area contributed by atoms with Gasteiger partial charge in [0.15, 0.2) is 11.9 Å². The van der Waals surface area contributed by atoms with Gasteiger partial charge in [0.1, 0.15) is 0 Å². The molecular weight excluding hydrogens is 260 g/mol. The number of ether oxygens (including phenoxy) is 2. The van der Waals surface area contributed by atoms with Crippen molar-refractivity contribution in [3.05, 3.63) is 0 Å². The monoisotopic (exact) mass is 286 g/mol. The molecule has 20 heavy (non-hydrogen) atoms. The van der Waals surface area contributed by atoms with Gasteiger partial charge in [-0.15, -0.1) is 0 Å². The highest BCUT2D eigenvalue weighted by Crippen LogP contribution is 2.05. The SMILES string of the molecule is CC(=O)C(C)OC(=O)CCCC(=O)OCCCC(C)C. The molecule has 0 aromatic carbocycles. The van der Waals surface area contributed by atoms with Crippen LogP contribution in [0.25, 0.3) is 0 Å². The first-order valence-electron chi connectivity index (χ1n) is 7.18. The standard InChI is InChI=1S/C15H26O5/c1-11(2)7-6-10-19-14(17)8-5-9-15(18)20-13(4)12(3)16/h11,13H,5-10H2,1-4H3. The Morgan fingerprint density at radius 3 is 2.10 bits per heavy atom. The molecule has 0 aliphatic heterocycles. The Balaban J connectivity index is 3.60. The van der Waals surface area contributed by atoms with Gasteiger partial charge in [0.25, 0.3) is 0 Å². The minimum Gasteiger partial charge on any atom is -0.466 e. The molecule has 1 unspecified atom stereocenters. The summed E-state index contributed by atoms with van der Waals surface area (Å²) >= 11 is 0. The van der Waals surface area contributed by atoms with E-state index in [9.17, 15) is 14.4 Å². The van der Waals surface area contributed by atoms with E-state index >= 15 is 0 Å². The Bertz CT molecular complexity index is 322. The average Bonchev–Trinajstić information content (AvgIpc) is 2.34. The fourth-order valence-electron chi connectivity index (χ4n) is 1.47. The molecular formula is C15H26O5. The fraction of sp³-hybridized carbons (Fsp3) is 0.800. The zero-order chi connectivity index (χ0) is 15.5. The Kier molecular flexibility index (Phi) is 9.68.